The molecule has 37 heavy (non-hydrogen) atoms. The molecular weight excluding hydrogens is 712 g/mol. The summed E-state index contributed by atoms with van der Waals surface area (Å²) in [6.07, 6.45) is 1.63. The van der Waals surface area contributed by atoms with Gasteiger partial charge in [0.25, 0.3) is 0 Å². The third-order valence-corrected chi connectivity index (χ3v) is 15.2. The Morgan fingerprint density at radius 1 is 0.919 bits per heavy atom. The second kappa shape index (κ2) is 10.2. The Bertz CT molecular complexity index is 1170. The summed E-state index contributed by atoms with van der Waals surface area (Å²) in [5, 5.41) is 1.14. The standard InChI is InChI=1S/C12H8Cl6O.C9H11Cl3NO3PS/c13-8-9(14)11(16)5-3-1-2(6-7(3)19-6)4(5)10(8,15)12(11,17)18;1-3-14-17(18,15-4-2)16-9-7(11)5-6(10)8(12)13-9/h2-7H,1H2;5H,3-4H2,1-2H3. The van der Waals surface area contributed by atoms with Crippen LogP contribution in [-0.2, 0) is 25.6 Å². The first kappa shape index (κ1) is 30.3. The normalized spacial score (nSPS) is 39.9. The molecule has 0 amide bonds. The van der Waals surface area contributed by atoms with Crippen molar-refractivity contribution in [2.45, 2.75) is 46.6 Å². The Morgan fingerprint density at radius 2 is 1.41 bits per heavy atom. The minimum atomic E-state index is -2.92. The third kappa shape index (κ3) is 4.26. The van der Waals surface area contributed by atoms with Crippen LogP contribution in [0.25, 0.3) is 0 Å². The van der Waals surface area contributed by atoms with Crippen LogP contribution < -0.4 is 4.52 Å². The highest BCUT2D eigenvalue weighted by atomic mass is 35.5. The Hall–Kier alpha value is 1.83. The number of nitrogens with zero attached hydrogens (tertiary/aromatic N) is 1. The zero-order chi connectivity index (χ0) is 27.3. The van der Waals surface area contributed by atoms with E-state index < -0.39 is 20.8 Å². The van der Waals surface area contributed by atoms with Crippen molar-refractivity contribution < 1.29 is 18.3 Å². The highest BCUT2D eigenvalue weighted by molar-refractivity contribution is 8.07. The fourth-order valence-electron chi connectivity index (χ4n) is 6.30. The van der Waals surface area contributed by atoms with Gasteiger partial charge in [0.15, 0.2) is 9.49 Å². The lowest BCUT2D eigenvalue weighted by Gasteiger charge is -2.38. The topological polar surface area (TPSA) is 53.1 Å². The summed E-state index contributed by atoms with van der Waals surface area (Å²) in [7, 11) is 0. The highest BCUT2D eigenvalue weighted by Crippen LogP contribution is 2.84. The molecule has 0 aromatic carbocycles. The molecule has 206 valence electrons. The van der Waals surface area contributed by atoms with Crippen molar-refractivity contribution >= 4 is 123 Å². The van der Waals surface area contributed by atoms with E-state index in [0.29, 0.717) is 35.1 Å². The van der Waals surface area contributed by atoms with E-state index in [9.17, 15) is 0 Å². The van der Waals surface area contributed by atoms with Crippen LogP contribution in [0.3, 0.4) is 0 Å². The van der Waals surface area contributed by atoms with Gasteiger partial charge in [-0.05, 0) is 50.0 Å². The predicted molar refractivity (Wildman–Crippen MR) is 155 cm³/mol. The number of hydrogen-bond acceptors (Lipinski definition) is 6. The van der Waals surface area contributed by atoms with Crippen LogP contribution in [-0.4, -0.2) is 44.5 Å². The van der Waals surface area contributed by atoms with Crippen LogP contribution in [0, 0.1) is 23.7 Å². The Labute approximate surface area is 264 Å². The van der Waals surface area contributed by atoms with Gasteiger partial charge in [-0.25, -0.2) is 0 Å². The van der Waals surface area contributed by atoms with Crippen molar-refractivity contribution in [1.82, 2.24) is 4.98 Å². The van der Waals surface area contributed by atoms with Crippen molar-refractivity contribution in [3.8, 4) is 5.88 Å². The van der Waals surface area contributed by atoms with Gasteiger partial charge in [-0.2, -0.15) is 4.98 Å². The molecule has 6 rings (SSSR count). The molecule has 1 aromatic heterocycles. The summed E-state index contributed by atoms with van der Waals surface area (Å²) in [5.41, 5.74) is 0. The molecule has 4 aliphatic carbocycles. The number of fused-ring (bicyclic) bond motifs is 12. The van der Waals surface area contributed by atoms with Crippen molar-refractivity contribution in [1.29, 1.82) is 0 Å². The Morgan fingerprint density at radius 3 is 1.86 bits per heavy atom. The molecule has 5 nitrogen and oxygen atoms in total. The predicted octanol–water partition coefficient (Wildman–Crippen LogP) is 9.20. The lowest BCUT2D eigenvalue weighted by Crippen LogP contribution is -2.46. The van der Waals surface area contributed by atoms with Crippen LogP contribution >= 0.6 is 111 Å². The lowest BCUT2D eigenvalue weighted by molar-refractivity contribution is 0.216. The minimum Gasteiger partial charge on any atom is -0.404 e. The highest BCUT2D eigenvalue weighted by Gasteiger charge is 2.89. The number of aromatic nitrogens is 1. The van der Waals surface area contributed by atoms with E-state index in [4.69, 9.17) is 135 Å². The summed E-state index contributed by atoms with van der Waals surface area (Å²) in [5.74, 6) is 0.828. The largest absolute Gasteiger partial charge is 0.404 e. The molecule has 5 aliphatic rings. The van der Waals surface area contributed by atoms with Crippen LogP contribution in [0.1, 0.15) is 20.3 Å². The van der Waals surface area contributed by atoms with E-state index in [0.717, 1.165) is 6.42 Å². The summed E-state index contributed by atoms with van der Waals surface area (Å²) in [6, 6.07) is 1.42. The molecule has 4 fully saturated rings. The maximum Gasteiger partial charge on any atom is 0.381 e. The quantitative estimate of drug-likeness (QED) is 0.0957. The Balaban J connectivity index is 0.000000152. The van der Waals surface area contributed by atoms with Gasteiger partial charge in [0.05, 0.1) is 40.5 Å². The van der Waals surface area contributed by atoms with Crippen LogP contribution in [0.5, 0.6) is 5.88 Å². The van der Waals surface area contributed by atoms with Crippen LogP contribution in [0.15, 0.2) is 16.1 Å². The summed E-state index contributed by atoms with van der Waals surface area (Å²) < 4.78 is 20.4. The van der Waals surface area contributed by atoms with Crippen molar-refractivity contribution in [2.75, 3.05) is 13.2 Å². The molecule has 3 saturated carbocycles. The van der Waals surface area contributed by atoms with E-state index >= 15 is 0 Å². The molecule has 4 bridgehead atoms. The molecule has 8 unspecified atom stereocenters. The van der Waals surface area contributed by atoms with Gasteiger partial charge < -0.3 is 9.26 Å². The molecule has 0 spiro atoms. The first-order valence-electron chi connectivity index (χ1n) is 11.3. The number of epoxide rings is 1. The van der Waals surface area contributed by atoms with Gasteiger partial charge in [0, 0.05) is 11.8 Å². The maximum absolute atomic E-state index is 6.82. The first-order valence-corrected chi connectivity index (χ1v) is 17.2. The molecule has 8 atom stereocenters. The molecule has 1 saturated heterocycles. The third-order valence-electron chi connectivity index (χ3n) is 7.55. The van der Waals surface area contributed by atoms with Crippen LogP contribution in [0.2, 0.25) is 15.2 Å². The van der Waals surface area contributed by atoms with E-state index in [1.807, 2.05) is 0 Å². The summed E-state index contributed by atoms with van der Waals surface area (Å²) >= 11 is 62.2. The first-order chi connectivity index (χ1) is 17.2. The zero-order valence-electron chi connectivity index (χ0n) is 19.0. The SMILES string of the molecule is CCOP(=S)(OCC)Oc1nc(Cl)c(Cl)cc1Cl.ClC1=C(Cl)C2(Cl)C3C4CC(C5OC45)C3C1(Cl)C2(Cl)Cl. The molecule has 1 aliphatic heterocycles. The molecule has 16 heteroatoms. The fourth-order valence-corrected chi connectivity index (χ4v) is 12.0. The molecule has 2 heterocycles. The average Bonchev–Trinajstić information content (AvgIpc) is 3.36. The number of pyridine rings is 1. The fraction of sp³-hybridized carbons (Fsp3) is 0.667. The number of alkyl halides is 4. The lowest BCUT2D eigenvalue weighted by atomic mass is 9.73. The van der Waals surface area contributed by atoms with E-state index in [1.54, 1.807) is 13.8 Å². The minimum absolute atomic E-state index is 0.0467. The van der Waals surface area contributed by atoms with Crippen molar-refractivity contribution in [2.24, 2.45) is 23.7 Å². The average molecular weight is 732 g/mol. The second-order valence-electron chi connectivity index (χ2n) is 9.23. The zero-order valence-corrected chi connectivity index (χ0v) is 27.5. The van der Waals surface area contributed by atoms with Gasteiger partial charge >= 0.3 is 6.72 Å². The molecular formula is C21H19Cl9NO4PS. The van der Waals surface area contributed by atoms with Gasteiger partial charge in [-0.1, -0.05) is 81.2 Å². The number of halogens is 9. The van der Waals surface area contributed by atoms with Crippen molar-refractivity contribution in [3.63, 3.8) is 0 Å². The van der Waals surface area contributed by atoms with Crippen LogP contribution in [0.4, 0.5) is 0 Å². The molecule has 1 aromatic rings. The van der Waals surface area contributed by atoms with Gasteiger partial charge in [0.2, 0.25) is 5.88 Å². The number of hydrogen-bond donors (Lipinski definition) is 0. The van der Waals surface area contributed by atoms with E-state index in [-0.39, 0.29) is 45.1 Å². The molecule has 0 radical (unpaired) electrons. The van der Waals surface area contributed by atoms with E-state index in [1.165, 1.54) is 6.07 Å². The summed E-state index contributed by atoms with van der Waals surface area (Å²) in [4.78, 5) is 1.73. The van der Waals surface area contributed by atoms with Gasteiger partial charge in [0.1, 0.15) is 14.8 Å². The monoisotopic (exact) mass is 727 g/mol. The van der Waals surface area contributed by atoms with Gasteiger partial charge in [-0.3, -0.25) is 9.05 Å². The van der Waals surface area contributed by atoms with Crippen molar-refractivity contribution in [3.05, 3.63) is 31.3 Å². The number of ether oxygens (including phenoxy) is 1. The smallest absolute Gasteiger partial charge is 0.381 e. The summed E-state index contributed by atoms with van der Waals surface area (Å²) in [6.45, 7) is 1.37. The second-order valence-corrected chi connectivity index (χ2v) is 16.6. The van der Waals surface area contributed by atoms with Gasteiger partial charge in [-0.15, -0.1) is 23.2 Å². The Kier molecular flexibility index (Phi) is 8.37. The number of allylic oxidation sites excluding steroid dienone is 2. The maximum atomic E-state index is 6.82. The number of rotatable bonds is 6. The molecule has 0 N–H and O–H groups in total. The van der Waals surface area contributed by atoms with E-state index in [2.05, 4.69) is 4.98 Å².